The van der Waals surface area contributed by atoms with Crippen LogP contribution in [0.15, 0.2) is 65.6 Å². The van der Waals surface area contributed by atoms with E-state index in [9.17, 15) is 4.79 Å². The Morgan fingerprint density at radius 1 is 1.15 bits per heavy atom. The summed E-state index contributed by atoms with van der Waals surface area (Å²) in [5, 5.41) is 8.73. The zero-order valence-electron chi connectivity index (χ0n) is 19.0. The molecule has 7 nitrogen and oxygen atoms in total. The Kier molecular flexibility index (Phi) is 7.14. The number of nitrogens with zero attached hydrogens (tertiary/aromatic N) is 3. The molecule has 0 atom stereocenters. The molecule has 1 saturated carbocycles. The number of fused-ring (bicyclic) bond motifs is 1. The van der Waals surface area contributed by atoms with Crippen LogP contribution in [-0.2, 0) is 12.3 Å². The normalized spacial score (nSPS) is 14.4. The first-order chi connectivity index (χ1) is 16.8. The quantitative estimate of drug-likeness (QED) is 0.323. The molecule has 0 saturated heterocycles. The second-order valence-electron chi connectivity index (χ2n) is 8.47. The molecule has 176 valence electrons. The number of ether oxygens (including phenoxy) is 1. The van der Waals surface area contributed by atoms with Crippen molar-refractivity contribution in [2.45, 2.75) is 49.7 Å². The smallest absolute Gasteiger partial charge is 0.291 e. The van der Waals surface area contributed by atoms with Gasteiger partial charge in [0.2, 0.25) is 0 Å². The number of amides is 1. The lowest BCUT2D eigenvalue weighted by Gasteiger charge is -2.20. The summed E-state index contributed by atoms with van der Waals surface area (Å²) in [5.41, 5.74) is 2.38. The molecule has 4 aromatic rings. The van der Waals surface area contributed by atoms with E-state index in [4.69, 9.17) is 9.15 Å². The molecule has 0 spiro atoms. The van der Waals surface area contributed by atoms with E-state index in [1.165, 1.54) is 38.4 Å². The third-order valence-electron chi connectivity index (χ3n) is 6.07. The minimum Gasteiger partial charge on any atom is -0.492 e. The number of thioether (sulfide) groups is 1. The van der Waals surface area contributed by atoms with Crippen molar-refractivity contribution in [2.75, 3.05) is 11.9 Å². The number of aromatic nitrogens is 3. The van der Waals surface area contributed by atoms with Gasteiger partial charge in [0, 0.05) is 33.7 Å². The topological polar surface area (TPSA) is 82.2 Å². The summed E-state index contributed by atoms with van der Waals surface area (Å²) < 4.78 is 13.6. The molecule has 0 aliphatic heterocycles. The van der Waals surface area contributed by atoms with Gasteiger partial charge in [-0.3, -0.25) is 4.79 Å². The first-order valence-corrected chi connectivity index (χ1v) is 12.8. The Hall–Kier alpha value is -3.26. The van der Waals surface area contributed by atoms with Crippen molar-refractivity contribution < 1.29 is 13.9 Å². The third-order valence-corrected chi connectivity index (χ3v) is 7.47. The van der Waals surface area contributed by atoms with Gasteiger partial charge in [-0.25, -0.2) is 9.67 Å². The average Bonchev–Trinajstić information content (AvgIpc) is 3.52. The van der Waals surface area contributed by atoms with Gasteiger partial charge in [0.15, 0.2) is 5.76 Å². The number of anilines is 1. The van der Waals surface area contributed by atoms with Crippen LogP contribution in [0.1, 0.15) is 48.2 Å². The van der Waals surface area contributed by atoms with E-state index < -0.39 is 0 Å². The fourth-order valence-electron chi connectivity index (χ4n) is 4.32. The Balaban J connectivity index is 1.28. The first kappa shape index (κ1) is 22.5. The highest BCUT2D eigenvalue weighted by Gasteiger charge is 2.22. The molecule has 8 heteroatoms. The van der Waals surface area contributed by atoms with Crippen molar-refractivity contribution in [2.24, 2.45) is 0 Å². The van der Waals surface area contributed by atoms with Gasteiger partial charge in [0.05, 0.1) is 6.54 Å². The minimum atomic E-state index is -0.241. The summed E-state index contributed by atoms with van der Waals surface area (Å²) in [7, 11) is 0. The summed E-state index contributed by atoms with van der Waals surface area (Å²) in [6.07, 6.45) is 9.59. The highest BCUT2D eigenvalue weighted by molar-refractivity contribution is 7.99. The molecule has 34 heavy (non-hydrogen) atoms. The van der Waals surface area contributed by atoms with Crippen LogP contribution >= 0.6 is 11.8 Å². The number of carbonyl (C=O) groups excluding carboxylic acids is 1. The fraction of sp³-hybridized carbons (Fsp3) is 0.346. The Bertz CT molecular complexity index is 1230. The Morgan fingerprint density at radius 2 is 2.03 bits per heavy atom. The zero-order valence-corrected chi connectivity index (χ0v) is 19.8. The molecule has 0 unspecified atom stereocenters. The van der Waals surface area contributed by atoms with Gasteiger partial charge in [-0.15, -0.1) is 0 Å². The number of hydrogen-bond donors (Lipinski definition) is 1. The summed E-state index contributed by atoms with van der Waals surface area (Å²) in [4.78, 5) is 17.2. The summed E-state index contributed by atoms with van der Waals surface area (Å²) >= 11 is 1.95. The minimum absolute atomic E-state index is 0.241. The number of furan rings is 1. The van der Waals surface area contributed by atoms with Crippen LogP contribution in [0.4, 0.5) is 5.69 Å². The lowest BCUT2D eigenvalue weighted by molar-refractivity contribution is 0.0998. The van der Waals surface area contributed by atoms with E-state index in [0.717, 1.165) is 22.3 Å². The van der Waals surface area contributed by atoms with Gasteiger partial charge in [0.25, 0.3) is 5.91 Å². The van der Waals surface area contributed by atoms with Crippen LogP contribution in [0, 0.1) is 0 Å². The van der Waals surface area contributed by atoms with E-state index in [1.54, 1.807) is 11.0 Å². The first-order valence-electron chi connectivity index (χ1n) is 11.7. The lowest BCUT2D eigenvalue weighted by Crippen LogP contribution is -2.14. The van der Waals surface area contributed by atoms with Crippen LogP contribution in [0.25, 0.3) is 11.0 Å². The van der Waals surface area contributed by atoms with Crippen molar-refractivity contribution in [1.29, 1.82) is 0 Å². The molecular weight excluding hydrogens is 448 g/mol. The lowest BCUT2D eigenvalue weighted by atomic mass is 10.0. The van der Waals surface area contributed by atoms with Crippen molar-refractivity contribution in [3.05, 3.63) is 72.5 Å². The van der Waals surface area contributed by atoms with Crippen molar-refractivity contribution >= 4 is 34.3 Å². The van der Waals surface area contributed by atoms with Crippen LogP contribution in [0.3, 0.4) is 0 Å². The highest BCUT2D eigenvalue weighted by atomic mass is 32.2. The number of hydrogen-bond acceptors (Lipinski definition) is 6. The maximum absolute atomic E-state index is 13.3. The van der Waals surface area contributed by atoms with Crippen molar-refractivity contribution in [3.63, 3.8) is 0 Å². The standard InChI is InChI=1S/C26H28N4O3S/c31-26(29-19-7-6-8-20(15-19)32-14-13-30-18-27-17-28-30)25-23(16-34-21-9-2-1-3-10-21)22-11-4-5-12-24(22)33-25/h4-8,11-12,15,17-18,21H,1-3,9-10,13-14,16H2,(H,29,31). The van der Waals surface area contributed by atoms with Gasteiger partial charge in [-0.1, -0.05) is 43.5 Å². The summed E-state index contributed by atoms with van der Waals surface area (Å²) in [6.45, 7) is 1.05. The second-order valence-corrected chi connectivity index (χ2v) is 9.75. The molecular formula is C26H28N4O3S. The van der Waals surface area contributed by atoms with Gasteiger partial charge in [0.1, 0.15) is 30.6 Å². The number of rotatable bonds is 9. The molecule has 1 aliphatic carbocycles. The molecule has 0 radical (unpaired) electrons. The predicted octanol–water partition coefficient (Wildman–Crippen LogP) is 5.92. The van der Waals surface area contributed by atoms with Gasteiger partial charge >= 0.3 is 0 Å². The number of carbonyl (C=O) groups is 1. The van der Waals surface area contributed by atoms with E-state index in [2.05, 4.69) is 15.4 Å². The van der Waals surface area contributed by atoms with Crippen LogP contribution in [0.2, 0.25) is 0 Å². The molecule has 0 bridgehead atoms. The molecule has 2 heterocycles. The molecule has 2 aromatic heterocycles. The number of benzene rings is 2. The van der Waals surface area contributed by atoms with E-state index in [1.807, 2.05) is 60.3 Å². The number of para-hydroxylation sites is 1. The molecule has 2 aromatic carbocycles. The highest BCUT2D eigenvalue weighted by Crippen LogP contribution is 2.35. The largest absolute Gasteiger partial charge is 0.492 e. The van der Waals surface area contributed by atoms with Gasteiger partial charge in [-0.2, -0.15) is 16.9 Å². The summed E-state index contributed by atoms with van der Waals surface area (Å²) in [6, 6.07) is 15.3. The molecule has 1 fully saturated rings. The van der Waals surface area contributed by atoms with Crippen LogP contribution in [-0.4, -0.2) is 32.5 Å². The van der Waals surface area contributed by atoms with Crippen LogP contribution < -0.4 is 10.1 Å². The summed E-state index contributed by atoms with van der Waals surface area (Å²) in [5.74, 6) is 1.60. The molecule has 1 aliphatic rings. The van der Waals surface area contributed by atoms with E-state index in [-0.39, 0.29) is 5.91 Å². The molecule has 1 amide bonds. The third kappa shape index (κ3) is 5.44. The monoisotopic (exact) mass is 476 g/mol. The Morgan fingerprint density at radius 3 is 2.88 bits per heavy atom. The van der Waals surface area contributed by atoms with Gasteiger partial charge in [-0.05, 0) is 31.0 Å². The maximum Gasteiger partial charge on any atom is 0.291 e. The van der Waals surface area contributed by atoms with Crippen molar-refractivity contribution in [3.8, 4) is 5.75 Å². The molecule has 5 rings (SSSR count). The van der Waals surface area contributed by atoms with E-state index >= 15 is 0 Å². The predicted molar refractivity (Wildman–Crippen MR) is 134 cm³/mol. The van der Waals surface area contributed by atoms with Crippen LogP contribution in [0.5, 0.6) is 5.75 Å². The van der Waals surface area contributed by atoms with Crippen molar-refractivity contribution in [1.82, 2.24) is 14.8 Å². The SMILES string of the molecule is O=C(Nc1cccc(OCCn2cncn2)c1)c1oc2ccccc2c1CSC1CCCCC1. The maximum atomic E-state index is 13.3. The Labute approximate surface area is 202 Å². The van der Waals surface area contributed by atoms with E-state index in [0.29, 0.717) is 35.6 Å². The van der Waals surface area contributed by atoms with Gasteiger partial charge < -0.3 is 14.5 Å². The number of nitrogens with one attached hydrogen (secondary N) is 1. The second kappa shape index (κ2) is 10.8. The average molecular weight is 477 g/mol. The zero-order chi connectivity index (χ0) is 23.2. The fourth-order valence-corrected chi connectivity index (χ4v) is 5.67. The molecule has 1 N–H and O–H groups in total.